The summed E-state index contributed by atoms with van der Waals surface area (Å²) >= 11 is 0. The number of hydrogen-bond acceptors (Lipinski definition) is 3. The highest BCUT2D eigenvalue weighted by Gasteiger charge is 2.34. The van der Waals surface area contributed by atoms with E-state index in [4.69, 9.17) is 4.74 Å². The Morgan fingerprint density at radius 2 is 2.11 bits per heavy atom. The molecule has 1 saturated heterocycles. The van der Waals surface area contributed by atoms with Crippen LogP contribution in [0.1, 0.15) is 32.0 Å². The van der Waals surface area contributed by atoms with Crippen molar-refractivity contribution in [3.05, 3.63) is 29.8 Å². The van der Waals surface area contributed by atoms with Crippen molar-refractivity contribution >= 4 is 5.91 Å². The Hall–Kier alpha value is -1.55. The summed E-state index contributed by atoms with van der Waals surface area (Å²) in [5.41, 5.74) is 1.10. The van der Waals surface area contributed by atoms with Crippen LogP contribution < -0.4 is 10.1 Å². The van der Waals surface area contributed by atoms with Gasteiger partial charge in [0.05, 0.1) is 13.7 Å². The highest BCUT2D eigenvalue weighted by atomic mass is 16.5. The first-order valence-corrected chi connectivity index (χ1v) is 6.36. The molecule has 1 heterocycles. The van der Waals surface area contributed by atoms with Crippen LogP contribution >= 0.6 is 0 Å². The molecular formula is C14H20N2O2. The number of amides is 1. The van der Waals surface area contributed by atoms with Gasteiger partial charge in [-0.3, -0.25) is 10.1 Å². The molecule has 0 saturated carbocycles. The third kappa shape index (κ3) is 2.34. The molecule has 2 rings (SSSR count). The molecule has 4 nitrogen and oxygen atoms in total. The number of nitrogens with one attached hydrogen (secondary N) is 1. The fourth-order valence-electron chi connectivity index (χ4n) is 2.28. The highest BCUT2D eigenvalue weighted by molar-refractivity contribution is 5.81. The summed E-state index contributed by atoms with van der Waals surface area (Å²) in [6, 6.07) is 8.11. The van der Waals surface area contributed by atoms with Gasteiger partial charge in [-0.2, -0.15) is 0 Å². The minimum absolute atomic E-state index is 0.0154. The lowest BCUT2D eigenvalue weighted by Gasteiger charge is -2.30. The number of rotatable bonds is 4. The molecule has 0 radical (unpaired) electrons. The predicted molar refractivity (Wildman–Crippen MR) is 70.3 cm³/mol. The topological polar surface area (TPSA) is 41.6 Å². The van der Waals surface area contributed by atoms with Gasteiger partial charge < -0.3 is 9.64 Å². The zero-order valence-corrected chi connectivity index (χ0v) is 11.1. The second-order valence-corrected chi connectivity index (χ2v) is 4.61. The average molecular weight is 248 g/mol. The third-order valence-electron chi connectivity index (χ3n) is 3.51. The first-order valence-electron chi connectivity index (χ1n) is 6.36. The van der Waals surface area contributed by atoms with Gasteiger partial charge in [-0.05, 0) is 31.0 Å². The quantitative estimate of drug-likeness (QED) is 0.885. The summed E-state index contributed by atoms with van der Waals surface area (Å²) in [7, 11) is 1.65. The maximum Gasteiger partial charge on any atom is 0.238 e. The second kappa shape index (κ2) is 5.40. The number of carbonyl (C=O) groups is 1. The van der Waals surface area contributed by atoms with Crippen molar-refractivity contribution in [3.8, 4) is 5.75 Å². The molecule has 1 aliphatic rings. The normalized spacial score (nSPS) is 21.2. The van der Waals surface area contributed by atoms with Gasteiger partial charge in [0.25, 0.3) is 0 Å². The fourth-order valence-corrected chi connectivity index (χ4v) is 2.28. The van der Waals surface area contributed by atoms with E-state index in [1.54, 1.807) is 7.11 Å². The average Bonchev–Trinajstić information content (AvgIpc) is 2.80. The smallest absolute Gasteiger partial charge is 0.238 e. The van der Waals surface area contributed by atoms with Gasteiger partial charge in [0.2, 0.25) is 5.91 Å². The van der Waals surface area contributed by atoms with Crippen molar-refractivity contribution in [2.75, 3.05) is 13.7 Å². The minimum atomic E-state index is -0.0154. The molecule has 1 aromatic rings. The molecule has 1 aromatic carbocycles. The molecule has 1 fully saturated rings. The van der Waals surface area contributed by atoms with Crippen LogP contribution in [0.2, 0.25) is 0 Å². The molecule has 1 amide bonds. The molecule has 2 unspecified atom stereocenters. The lowest BCUT2D eigenvalue weighted by atomic mass is 10.1. The van der Waals surface area contributed by atoms with Crippen molar-refractivity contribution in [3.63, 3.8) is 0 Å². The lowest BCUT2D eigenvalue weighted by Crippen LogP contribution is -2.37. The van der Waals surface area contributed by atoms with E-state index in [2.05, 4.69) is 19.2 Å². The van der Waals surface area contributed by atoms with Crippen LogP contribution in [-0.4, -0.2) is 30.5 Å². The molecule has 0 spiro atoms. The van der Waals surface area contributed by atoms with Crippen LogP contribution in [0.3, 0.4) is 0 Å². The number of nitrogens with zero attached hydrogens (tertiary/aromatic N) is 1. The van der Waals surface area contributed by atoms with Crippen LogP contribution in [0.4, 0.5) is 0 Å². The number of hydrogen-bond donors (Lipinski definition) is 1. The summed E-state index contributed by atoms with van der Waals surface area (Å²) in [6.07, 6.45) is 0.943. The summed E-state index contributed by atoms with van der Waals surface area (Å²) in [5.74, 6) is 1.00. The minimum Gasteiger partial charge on any atom is -0.497 e. The zero-order chi connectivity index (χ0) is 13.1. The van der Waals surface area contributed by atoms with Crippen LogP contribution in [0.5, 0.6) is 5.75 Å². The van der Waals surface area contributed by atoms with E-state index in [-0.39, 0.29) is 18.1 Å². The van der Waals surface area contributed by atoms with Crippen molar-refractivity contribution in [1.29, 1.82) is 0 Å². The zero-order valence-electron chi connectivity index (χ0n) is 11.1. The Morgan fingerprint density at radius 1 is 1.44 bits per heavy atom. The van der Waals surface area contributed by atoms with Crippen molar-refractivity contribution in [2.45, 2.75) is 32.5 Å². The standard InChI is InChI=1S/C14H20N2O2/c1-4-10(2)16-13(17)9-15-14(16)11-5-7-12(18-3)8-6-11/h5-8,10,14-15H,4,9H2,1-3H3. The fraction of sp³-hybridized carbons (Fsp3) is 0.500. The Morgan fingerprint density at radius 3 is 2.67 bits per heavy atom. The van der Waals surface area contributed by atoms with Crippen molar-refractivity contribution < 1.29 is 9.53 Å². The van der Waals surface area contributed by atoms with Crippen LogP contribution in [-0.2, 0) is 4.79 Å². The first-order chi connectivity index (χ1) is 8.67. The maximum atomic E-state index is 11.9. The van der Waals surface area contributed by atoms with Gasteiger partial charge in [-0.15, -0.1) is 0 Å². The molecule has 18 heavy (non-hydrogen) atoms. The summed E-state index contributed by atoms with van der Waals surface area (Å²) in [5, 5.41) is 3.26. The molecule has 1 N–H and O–H groups in total. The first kappa shape index (κ1) is 12.9. The van der Waals surface area contributed by atoms with Crippen LogP contribution in [0.15, 0.2) is 24.3 Å². The number of ether oxygens (including phenoxy) is 1. The van der Waals surface area contributed by atoms with Crippen molar-refractivity contribution in [2.24, 2.45) is 0 Å². The Kier molecular flexibility index (Phi) is 3.87. The van der Waals surface area contributed by atoms with Gasteiger partial charge in [-0.1, -0.05) is 19.1 Å². The van der Waals surface area contributed by atoms with Gasteiger partial charge >= 0.3 is 0 Å². The van der Waals surface area contributed by atoms with E-state index in [0.717, 1.165) is 17.7 Å². The van der Waals surface area contributed by atoms with E-state index in [1.807, 2.05) is 29.2 Å². The lowest BCUT2D eigenvalue weighted by molar-refractivity contribution is -0.130. The third-order valence-corrected chi connectivity index (χ3v) is 3.51. The highest BCUT2D eigenvalue weighted by Crippen LogP contribution is 2.27. The van der Waals surface area contributed by atoms with Crippen LogP contribution in [0.25, 0.3) is 0 Å². The van der Waals surface area contributed by atoms with E-state index < -0.39 is 0 Å². The van der Waals surface area contributed by atoms with Gasteiger partial charge in [0, 0.05) is 6.04 Å². The van der Waals surface area contributed by atoms with E-state index in [9.17, 15) is 4.79 Å². The largest absolute Gasteiger partial charge is 0.497 e. The molecule has 1 aliphatic heterocycles. The summed E-state index contributed by atoms with van der Waals surface area (Å²) in [6.45, 7) is 4.60. The van der Waals surface area contributed by atoms with Crippen molar-refractivity contribution in [1.82, 2.24) is 10.2 Å². The molecule has 0 aliphatic carbocycles. The summed E-state index contributed by atoms with van der Waals surface area (Å²) < 4.78 is 5.15. The van der Waals surface area contributed by atoms with E-state index >= 15 is 0 Å². The SMILES string of the molecule is CCC(C)N1C(=O)CNC1c1ccc(OC)cc1. The Balaban J connectivity index is 2.22. The molecule has 0 aromatic heterocycles. The number of benzene rings is 1. The Bertz CT molecular complexity index is 416. The molecule has 0 bridgehead atoms. The Labute approximate surface area is 108 Å². The molecule has 98 valence electrons. The summed E-state index contributed by atoms with van der Waals surface area (Å²) in [4.78, 5) is 13.9. The number of carbonyl (C=O) groups excluding carboxylic acids is 1. The maximum absolute atomic E-state index is 11.9. The molecular weight excluding hydrogens is 228 g/mol. The number of methoxy groups -OCH3 is 1. The molecule has 4 heteroatoms. The van der Waals surface area contributed by atoms with Gasteiger partial charge in [-0.25, -0.2) is 0 Å². The van der Waals surface area contributed by atoms with Gasteiger partial charge in [0.15, 0.2) is 0 Å². The van der Waals surface area contributed by atoms with E-state index in [0.29, 0.717) is 6.54 Å². The van der Waals surface area contributed by atoms with Gasteiger partial charge in [0.1, 0.15) is 11.9 Å². The monoisotopic (exact) mass is 248 g/mol. The molecule has 2 atom stereocenters. The predicted octanol–water partition coefficient (Wildman–Crippen LogP) is 1.92. The van der Waals surface area contributed by atoms with E-state index in [1.165, 1.54) is 0 Å². The van der Waals surface area contributed by atoms with Crippen LogP contribution in [0, 0.1) is 0 Å². The second-order valence-electron chi connectivity index (χ2n) is 4.61.